The first-order chi connectivity index (χ1) is 10.1. The summed E-state index contributed by atoms with van der Waals surface area (Å²) in [6, 6.07) is 15.9. The molecular formula is C18H22ClNO. The van der Waals surface area contributed by atoms with E-state index in [1.807, 2.05) is 36.4 Å². The summed E-state index contributed by atoms with van der Waals surface area (Å²) in [6.07, 6.45) is 0. The Morgan fingerprint density at radius 2 is 1.76 bits per heavy atom. The van der Waals surface area contributed by atoms with E-state index in [0.29, 0.717) is 12.5 Å². The molecule has 0 heterocycles. The summed E-state index contributed by atoms with van der Waals surface area (Å²) in [5.74, 6) is 1.53. The summed E-state index contributed by atoms with van der Waals surface area (Å²) in [6.45, 7) is 6.83. The van der Waals surface area contributed by atoms with E-state index in [9.17, 15) is 0 Å². The van der Waals surface area contributed by atoms with E-state index in [-0.39, 0.29) is 0 Å². The van der Waals surface area contributed by atoms with E-state index in [1.165, 1.54) is 5.56 Å². The van der Waals surface area contributed by atoms with Crippen LogP contribution in [0.1, 0.15) is 25.0 Å². The molecule has 2 rings (SSSR count). The standard InChI is InChI=1S/C18H22ClNO/c1-14(2)11-20-12-15-7-9-17(10-8-15)21-13-16-5-3-4-6-18(16)19/h3-10,14,20H,11-13H2,1-2H3. The molecule has 2 aromatic carbocycles. The molecule has 2 nitrogen and oxygen atoms in total. The SMILES string of the molecule is CC(C)CNCc1ccc(OCc2ccccc2Cl)cc1. The van der Waals surface area contributed by atoms with Gasteiger partial charge in [0.15, 0.2) is 0 Å². The number of rotatable bonds is 7. The molecule has 2 aromatic rings. The highest BCUT2D eigenvalue weighted by atomic mass is 35.5. The number of hydrogen-bond donors (Lipinski definition) is 1. The Labute approximate surface area is 132 Å². The van der Waals surface area contributed by atoms with Crippen molar-refractivity contribution >= 4 is 11.6 Å². The van der Waals surface area contributed by atoms with Crippen LogP contribution in [0.25, 0.3) is 0 Å². The van der Waals surface area contributed by atoms with Gasteiger partial charge in [-0.15, -0.1) is 0 Å². The van der Waals surface area contributed by atoms with Gasteiger partial charge in [-0.25, -0.2) is 0 Å². The molecule has 0 unspecified atom stereocenters. The second kappa shape index (κ2) is 8.06. The summed E-state index contributed by atoms with van der Waals surface area (Å²) < 4.78 is 5.77. The maximum atomic E-state index is 6.11. The molecular weight excluding hydrogens is 282 g/mol. The zero-order valence-electron chi connectivity index (χ0n) is 12.6. The van der Waals surface area contributed by atoms with Gasteiger partial charge in [-0.05, 0) is 36.2 Å². The van der Waals surface area contributed by atoms with Crippen LogP contribution >= 0.6 is 11.6 Å². The molecule has 0 amide bonds. The summed E-state index contributed by atoms with van der Waals surface area (Å²) in [4.78, 5) is 0. The lowest BCUT2D eigenvalue weighted by Crippen LogP contribution is -2.18. The lowest BCUT2D eigenvalue weighted by molar-refractivity contribution is 0.306. The summed E-state index contributed by atoms with van der Waals surface area (Å²) in [5.41, 5.74) is 2.27. The van der Waals surface area contributed by atoms with Gasteiger partial charge in [0.1, 0.15) is 12.4 Å². The van der Waals surface area contributed by atoms with Crippen molar-refractivity contribution in [2.45, 2.75) is 27.0 Å². The average molecular weight is 304 g/mol. The fraction of sp³-hybridized carbons (Fsp3) is 0.333. The van der Waals surface area contributed by atoms with Crippen LogP contribution in [0.15, 0.2) is 48.5 Å². The van der Waals surface area contributed by atoms with Crippen LogP contribution in [0, 0.1) is 5.92 Å². The van der Waals surface area contributed by atoms with Crippen molar-refractivity contribution < 1.29 is 4.74 Å². The molecule has 0 aliphatic carbocycles. The Kier molecular flexibility index (Phi) is 6.09. The van der Waals surface area contributed by atoms with Crippen LogP contribution in [0.4, 0.5) is 0 Å². The minimum absolute atomic E-state index is 0.491. The van der Waals surface area contributed by atoms with Gasteiger partial charge in [-0.1, -0.05) is 55.8 Å². The van der Waals surface area contributed by atoms with Gasteiger partial charge in [0, 0.05) is 17.1 Å². The van der Waals surface area contributed by atoms with Crippen molar-refractivity contribution in [1.29, 1.82) is 0 Å². The van der Waals surface area contributed by atoms with E-state index in [4.69, 9.17) is 16.3 Å². The Morgan fingerprint density at radius 3 is 2.43 bits per heavy atom. The van der Waals surface area contributed by atoms with Gasteiger partial charge in [0.2, 0.25) is 0 Å². The lowest BCUT2D eigenvalue weighted by atomic mass is 10.2. The Morgan fingerprint density at radius 1 is 1.05 bits per heavy atom. The van der Waals surface area contributed by atoms with Crippen molar-refractivity contribution in [3.63, 3.8) is 0 Å². The predicted molar refractivity (Wildman–Crippen MR) is 88.8 cm³/mol. The van der Waals surface area contributed by atoms with Crippen LogP contribution in [-0.2, 0) is 13.2 Å². The normalized spacial score (nSPS) is 10.9. The maximum absolute atomic E-state index is 6.11. The maximum Gasteiger partial charge on any atom is 0.119 e. The van der Waals surface area contributed by atoms with Crippen LogP contribution < -0.4 is 10.1 Å². The van der Waals surface area contributed by atoms with E-state index in [1.54, 1.807) is 0 Å². The number of ether oxygens (including phenoxy) is 1. The van der Waals surface area contributed by atoms with Crippen molar-refractivity contribution in [1.82, 2.24) is 5.32 Å². The van der Waals surface area contributed by atoms with E-state index < -0.39 is 0 Å². The van der Waals surface area contributed by atoms with Gasteiger partial charge in [-0.2, -0.15) is 0 Å². The van der Waals surface area contributed by atoms with E-state index >= 15 is 0 Å². The average Bonchev–Trinajstić information content (AvgIpc) is 2.47. The van der Waals surface area contributed by atoms with Crippen LogP contribution in [-0.4, -0.2) is 6.54 Å². The highest BCUT2D eigenvalue weighted by Crippen LogP contribution is 2.18. The molecule has 0 atom stereocenters. The van der Waals surface area contributed by atoms with Crippen LogP contribution in [0.5, 0.6) is 5.75 Å². The Balaban J connectivity index is 1.84. The molecule has 0 radical (unpaired) electrons. The highest BCUT2D eigenvalue weighted by molar-refractivity contribution is 6.31. The molecule has 0 aromatic heterocycles. The zero-order valence-corrected chi connectivity index (χ0v) is 13.4. The summed E-state index contributed by atoms with van der Waals surface area (Å²) in [5, 5.41) is 4.17. The van der Waals surface area contributed by atoms with Gasteiger partial charge in [0.25, 0.3) is 0 Å². The minimum atomic E-state index is 0.491. The van der Waals surface area contributed by atoms with E-state index in [0.717, 1.165) is 29.4 Å². The minimum Gasteiger partial charge on any atom is -0.489 e. The second-order valence-corrected chi connectivity index (χ2v) is 5.96. The summed E-state index contributed by atoms with van der Waals surface area (Å²) in [7, 11) is 0. The topological polar surface area (TPSA) is 21.3 Å². The lowest BCUT2D eigenvalue weighted by Gasteiger charge is -2.10. The smallest absolute Gasteiger partial charge is 0.119 e. The number of benzene rings is 2. The quantitative estimate of drug-likeness (QED) is 0.803. The molecule has 0 saturated heterocycles. The first-order valence-electron chi connectivity index (χ1n) is 7.31. The van der Waals surface area contributed by atoms with E-state index in [2.05, 4.69) is 31.3 Å². The zero-order chi connectivity index (χ0) is 15.1. The fourth-order valence-electron chi connectivity index (χ4n) is 1.99. The highest BCUT2D eigenvalue weighted by Gasteiger charge is 2.01. The van der Waals surface area contributed by atoms with Gasteiger partial charge in [-0.3, -0.25) is 0 Å². The molecule has 112 valence electrons. The number of halogens is 1. The molecule has 1 N–H and O–H groups in total. The molecule has 21 heavy (non-hydrogen) atoms. The van der Waals surface area contributed by atoms with Crippen molar-refractivity contribution in [2.75, 3.05) is 6.54 Å². The Hall–Kier alpha value is -1.51. The third-order valence-electron chi connectivity index (χ3n) is 3.16. The summed E-state index contributed by atoms with van der Waals surface area (Å²) >= 11 is 6.11. The van der Waals surface area contributed by atoms with Gasteiger partial charge >= 0.3 is 0 Å². The van der Waals surface area contributed by atoms with Crippen LogP contribution in [0.3, 0.4) is 0 Å². The van der Waals surface area contributed by atoms with Crippen molar-refractivity contribution in [3.8, 4) is 5.75 Å². The molecule has 0 aliphatic rings. The largest absolute Gasteiger partial charge is 0.489 e. The molecule has 0 saturated carbocycles. The first-order valence-corrected chi connectivity index (χ1v) is 7.69. The molecule has 0 fully saturated rings. The fourth-order valence-corrected chi connectivity index (χ4v) is 2.18. The third kappa shape index (κ3) is 5.41. The third-order valence-corrected chi connectivity index (χ3v) is 3.53. The van der Waals surface area contributed by atoms with Crippen molar-refractivity contribution in [3.05, 3.63) is 64.7 Å². The molecule has 0 bridgehead atoms. The van der Waals surface area contributed by atoms with Gasteiger partial charge in [0.05, 0.1) is 0 Å². The predicted octanol–water partition coefficient (Wildman–Crippen LogP) is 4.66. The molecule has 0 aliphatic heterocycles. The number of hydrogen-bond acceptors (Lipinski definition) is 2. The van der Waals surface area contributed by atoms with Crippen LogP contribution in [0.2, 0.25) is 5.02 Å². The van der Waals surface area contributed by atoms with Gasteiger partial charge < -0.3 is 10.1 Å². The first kappa shape index (κ1) is 15.9. The monoisotopic (exact) mass is 303 g/mol. The second-order valence-electron chi connectivity index (χ2n) is 5.55. The molecule has 0 spiro atoms. The van der Waals surface area contributed by atoms with Crippen molar-refractivity contribution in [2.24, 2.45) is 5.92 Å². The molecule has 3 heteroatoms. The number of nitrogens with one attached hydrogen (secondary N) is 1. The Bertz CT molecular complexity index is 551.